The van der Waals surface area contributed by atoms with E-state index >= 15 is 0 Å². The molecule has 0 aliphatic heterocycles. The van der Waals surface area contributed by atoms with Crippen molar-refractivity contribution in [2.75, 3.05) is 0 Å². The van der Waals surface area contributed by atoms with Crippen molar-refractivity contribution in [3.05, 3.63) is 89.2 Å². The van der Waals surface area contributed by atoms with Gasteiger partial charge in [-0.2, -0.15) is 26.3 Å². The largest absolute Gasteiger partial charge is 0.480 e. The van der Waals surface area contributed by atoms with Crippen molar-refractivity contribution in [2.45, 2.75) is 121 Å². The number of oxazole rings is 1. The Balaban J connectivity index is 0.000000442. The predicted octanol–water partition coefficient (Wildman–Crippen LogP) is 10.7. The van der Waals surface area contributed by atoms with Gasteiger partial charge in [-0.05, 0) is 30.5 Å². The summed E-state index contributed by atoms with van der Waals surface area (Å²) >= 11 is 0. The number of hydrogen-bond acceptors (Lipinski definition) is 6. The fourth-order valence-corrected chi connectivity index (χ4v) is 7.18. The molecule has 0 radical (unpaired) electrons. The van der Waals surface area contributed by atoms with E-state index in [1.165, 1.54) is 95.5 Å². The van der Waals surface area contributed by atoms with Crippen LogP contribution in [-0.2, 0) is 33.1 Å². The van der Waals surface area contributed by atoms with Gasteiger partial charge < -0.3 is 8.54 Å². The number of hydrogen-bond donors (Lipinski definition) is 0. The average molecular weight is 807 g/mol. The van der Waals surface area contributed by atoms with Crippen LogP contribution in [0.1, 0.15) is 102 Å². The third-order valence-corrected chi connectivity index (χ3v) is 11.2. The van der Waals surface area contributed by atoms with Gasteiger partial charge in [0.1, 0.15) is 18.9 Å². The molecule has 0 saturated heterocycles. The van der Waals surface area contributed by atoms with Crippen LogP contribution < -0.4 is 4.57 Å². The fourth-order valence-electron chi connectivity index (χ4n) is 5.47. The molecule has 300 valence electrons. The Morgan fingerprint density at radius 2 is 1.19 bits per heavy atom. The molecule has 2 aromatic heterocycles. The highest BCUT2D eigenvalue weighted by atomic mass is 32.3. The number of imidazole rings is 1. The molecule has 2 heterocycles. The van der Waals surface area contributed by atoms with Gasteiger partial charge in [0.25, 0.3) is 0 Å². The van der Waals surface area contributed by atoms with Crippen molar-refractivity contribution < 1.29 is 52.2 Å². The number of aryl methyl sites for hydroxylation is 1. The van der Waals surface area contributed by atoms with E-state index in [2.05, 4.69) is 64.0 Å². The summed E-state index contributed by atoms with van der Waals surface area (Å²) in [6.45, 7) is 4.27. The Morgan fingerprint density at radius 3 is 1.69 bits per heavy atom. The van der Waals surface area contributed by atoms with Gasteiger partial charge in [-0.15, -0.1) is 0 Å². The van der Waals surface area contributed by atoms with E-state index in [4.69, 9.17) is 4.42 Å². The lowest BCUT2D eigenvalue weighted by Crippen LogP contribution is -2.31. The average Bonchev–Trinajstić information content (AvgIpc) is 3.78. The van der Waals surface area contributed by atoms with Crippen LogP contribution >= 0.6 is 0 Å². The molecule has 0 N–H and O–H groups in total. The van der Waals surface area contributed by atoms with E-state index in [-0.39, 0.29) is 0 Å². The Bertz CT molecular complexity index is 1840. The molecule has 0 amide bonds. The van der Waals surface area contributed by atoms with E-state index in [0.717, 1.165) is 34.1 Å². The molecule has 0 atom stereocenters. The quantitative estimate of drug-likeness (QED) is 0.0470. The number of halogens is 6. The van der Waals surface area contributed by atoms with Crippen LogP contribution in [-0.4, -0.2) is 37.4 Å². The summed E-state index contributed by atoms with van der Waals surface area (Å²) in [6, 6.07) is 18.6. The maximum atomic E-state index is 11.4. The molecular weight excluding hydrogens is 759 g/mol. The number of sulfonamides is 2. The first-order valence-corrected chi connectivity index (χ1v) is 20.9. The molecule has 0 fully saturated rings. The second kappa shape index (κ2) is 21.4. The first-order valence-electron chi connectivity index (χ1n) is 18.0. The molecule has 4 rings (SSSR count). The summed E-state index contributed by atoms with van der Waals surface area (Å²) in [6.07, 6.45) is 28.1. The van der Waals surface area contributed by atoms with Crippen LogP contribution in [0.15, 0.2) is 83.9 Å². The molecule has 4 aromatic rings. The van der Waals surface area contributed by atoms with Crippen LogP contribution in [0.5, 0.6) is 0 Å². The molecule has 2 aromatic carbocycles. The van der Waals surface area contributed by atoms with E-state index in [1.54, 1.807) is 6.20 Å². The first-order chi connectivity index (χ1) is 25.5. The van der Waals surface area contributed by atoms with Gasteiger partial charge in [0.2, 0.25) is 12.2 Å². The van der Waals surface area contributed by atoms with Gasteiger partial charge in [-0.1, -0.05) is 126 Å². The summed E-state index contributed by atoms with van der Waals surface area (Å²) in [5.41, 5.74) is -9.09. The van der Waals surface area contributed by atoms with Gasteiger partial charge in [-0.25, -0.2) is 31.0 Å². The molecule has 0 bridgehead atoms. The molecule has 0 spiro atoms. The Kier molecular flexibility index (Phi) is 17.7. The molecular formula is C37H48F6N4O5S2. The molecule has 9 nitrogen and oxygen atoms in total. The third-order valence-electron chi connectivity index (χ3n) is 8.43. The van der Waals surface area contributed by atoms with Crippen molar-refractivity contribution >= 4 is 20.0 Å². The Hall–Kier alpha value is -3.70. The predicted molar refractivity (Wildman–Crippen MR) is 195 cm³/mol. The highest BCUT2D eigenvalue weighted by molar-refractivity contribution is 8.13. The standard InChI is InChI=1S/C35H48N3O.C2F6NO4S2/c1-2-3-4-5-6-7-8-9-10-11-12-13-14-18-25-37-26-27-38(30-37)29-31-21-23-33(24-22-31)35-36-28-34(39-35)32-19-16-15-17-20-32;3-1(4,5)14(10,11)9-15(12,13)2(6,7)8/h15-17,19-24,26-28,30H,2-14,18,25,29H2,1H3;/q+1;-1. The van der Waals surface area contributed by atoms with Crippen LogP contribution in [0.3, 0.4) is 0 Å². The third kappa shape index (κ3) is 15.2. The summed E-state index contributed by atoms with van der Waals surface area (Å²) in [4.78, 5) is 4.48. The van der Waals surface area contributed by atoms with Gasteiger partial charge in [0, 0.05) is 11.1 Å². The number of alkyl halides is 6. The Labute approximate surface area is 313 Å². The zero-order chi connectivity index (χ0) is 39.7. The number of aromatic nitrogens is 3. The lowest BCUT2D eigenvalue weighted by Gasteiger charge is -2.22. The molecule has 0 aliphatic rings. The maximum Gasteiger partial charge on any atom is 0.480 e. The highest BCUT2D eigenvalue weighted by Crippen LogP contribution is 2.36. The zero-order valence-electron chi connectivity index (χ0n) is 30.2. The number of benzene rings is 2. The van der Waals surface area contributed by atoms with E-state index in [9.17, 15) is 43.2 Å². The smallest absolute Gasteiger partial charge is 0.436 e. The molecule has 54 heavy (non-hydrogen) atoms. The highest BCUT2D eigenvalue weighted by Gasteiger charge is 2.47. The summed E-state index contributed by atoms with van der Waals surface area (Å²) in [7, 11) is -13.4. The van der Waals surface area contributed by atoms with Crippen molar-refractivity contribution in [3.8, 4) is 22.8 Å². The van der Waals surface area contributed by atoms with Crippen LogP contribution in [0.4, 0.5) is 26.3 Å². The van der Waals surface area contributed by atoms with Crippen LogP contribution in [0, 0.1) is 0 Å². The van der Waals surface area contributed by atoms with E-state index in [0.29, 0.717) is 5.89 Å². The summed E-state index contributed by atoms with van der Waals surface area (Å²) in [5, 5.41) is 0. The van der Waals surface area contributed by atoms with E-state index in [1.807, 2.05) is 30.3 Å². The number of rotatable bonds is 21. The minimum atomic E-state index is -6.72. The minimum absolute atomic E-state index is 0.660. The molecule has 0 saturated carbocycles. The zero-order valence-corrected chi connectivity index (χ0v) is 31.9. The van der Waals surface area contributed by atoms with Gasteiger partial charge in [0.05, 0.1) is 12.7 Å². The summed E-state index contributed by atoms with van der Waals surface area (Å²) < 4.78 is 120. The topological polar surface area (TPSA) is 117 Å². The molecule has 0 aliphatic carbocycles. The lowest BCUT2D eigenvalue weighted by atomic mass is 10.0. The molecule has 17 heteroatoms. The fraction of sp³-hybridized carbons (Fsp3) is 0.514. The minimum Gasteiger partial charge on any atom is -0.436 e. The Morgan fingerprint density at radius 1 is 0.685 bits per heavy atom. The summed E-state index contributed by atoms with van der Waals surface area (Å²) in [5.74, 6) is 1.46. The second-order valence-corrected chi connectivity index (χ2v) is 16.4. The van der Waals surface area contributed by atoms with Crippen LogP contribution in [0.2, 0.25) is 0 Å². The van der Waals surface area contributed by atoms with Crippen molar-refractivity contribution in [1.29, 1.82) is 0 Å². The SMILES string of the molecule is CCCCCCCCCCCCCCCCn1cc[n+](Cc2ccc(-c3ncc(-c4ccccc4)o3)cc2)c1.O=S(=O)([N-]S(=O)(=O)C(F)(F)F)C(F)(F)F. The number of unbranched alkanes of at least 4 members (excludes halogenated alkanes) is 13. The lowest BCUT2D eigenvalue weighted by molar-refractivity contribution is -0.687. The van der Waals surface area contributed by atoms with Crippen LogP contribution in [0.25, 0.3) is 26.9 Å². The monoisotopic (exact) mass is 806 g/mol. The van der Waals surface area contributed by atoms with Crippen molar-refractivity contribution in [2.24, 2.45) is 0 Å². The number of nitrogens with zero attached hydrogens (tertiary/aromatic N) is 4. The molecule has 0 unspecified atom stereocenters. The van der Waals surface area contributed by atoms with Crippen molar-refractivity contribution in [1.82, 2.24) is 9.55 Å². The first kappa shape index (κ1) is 44.7. The van der Waals surface area contributed by atoms with Gasteiger partial charge in [-0.3, -0.25) is 0 Å². The van der Waals surface area contributed by atoms with E-state index < -0.39 is 31.1 Å². The van der Waals surface area contributed by atoms with Gasteiger partial charge in [0.15, 0.2) is 25.8 Å². The van der Waals surface area contributed by atoms with Crippen molar-refractivity contribution in [3.63, 3.8) is 0 Å². The maximum absolute atomic E-state index is 11.4. The normalized spacial score (nSPS) is 12.4. The second-order valence-electron chi connectivity index (χ2n) is 12.9. The van der Waals surface area contributed by atoms with Gasteiger partial charge >= 0.3 is 11.0 Å².